The summed E-state index contributed by atoms with van der Waals surface area (Å²) in [7, 11) is 0.224. The van der Waals surface area contributed by atoms with Crippen molar-refractivity contribution in [1.82, 2.24) is 0 Å². The van der Waals surface area contributed by atoms with Gasteiger partial charge in [0.15, 0.2) is 0 Å². The zero-order valence-corrected chi connectivity index (χ0v) is 13.1. The number of hydrogen-bond donors (Lipinski definition) is 0. The minimum Gasteiger partial charge on any atom is -0.299 e. The predicted octanol–water partition coefficient (Wildman–Crippen LogP) is 5.46. The van der Waals surface area contributed by atoms with Crippen molar-refractivity contribution in [2.45, 2.75) is 47.5 Å². The van der Waals surface area contributed by atoms with Crippen LogP contribution in [-0.4, -0.2) is 31.2 Å². The van der Waals surface area contributed by atoms with E-state index in [1.54, 1.807) is 0 Å². The van der Waals surface area contributed by atoms with E-state index >= 15 is 0 Å². The summed E-state index contributed by atoms with van der Waals surface area (Å²) in [5.74, 6) is 0. The fourth-order valence-corrected chi connectivity index (χ4v) is 12.3. The Balaban J connectivity index is 4.75. The second kappa shape index (κ2) is 8.77. The molecule has 15 heavy (non-hydrogen) atoms. The Hall–Kier alpha value is 0.660. The van der Waals surface area contributed by atoms with Crippen LogP contribution in [0.4, 0.5) is 0 Å². The Labute approximate surface area is 98.1 Å². The van der Waals surface area contributed by atoms with Gasteiger partial charge in [-0.05, 0) is 37.8 Å². The van der Waals surface area contributed by atoms with Gasteiger partial charge in [-0.15, -0.1) is 0 Å². The van der Waals surface area contributed by atoms with Crippen LogP contribution < -0.4 is 0 Å². The maximum atomic E-state index is 5.16. The molecule has 0 aromatic rings. The molecule has 0 fully saturated rings. The minimum atomic E-state index is -0.908. The molecule has 0 amide bonds. The predicted molar refractivity (Wildman–Crippen MR) is 78.2 cm³/mol. The molecule has 3 heteroatoms. The topological polar surface area (TPSA) is 12.4 Å². The Bertz CT molecular complexity index is 190. The van der Waals surface area contributed by atoms with Crippen molar-refractivity contribution >= 4 is 14.4 Å². The Kier molecular flexibility index (Phi) is 9.16. The Morgan fingerprint density at radius 2 is 1.47 bits per heavy atom. The maximum absolute atomic E-state index is 5.16. The summed E-state index contributed by atoms with van der Waals surface area (Å²) < 4.78 is 5.16. The molecule has 0 aromatic heterocycles. The van der Waals surface area contributed by atoms with Gasteiger partial charge in [-0.25, -0.2) is 0 Å². The van der Waals surface area contributed by atoms with Gasteiger partial charge in [0.05, 0.1) is 0 Å². The lowest BCUT2D eigenvalue weighted by molar-refractivity contribution is 0.812. The average molecular weight is 249 g/mol. The fraction of sp³-hybridized carbons (Fsp3) is 1.00. The first kappa shape index (κ1) is 15.7. The van der Waals surface area contributed by atoms with E-state index in [-0.39, 0.29) is 7.61 Å². The second-order valence-electron chi connectivity index (χ2n) is 3.87. The lowest BCUT2D eigenvalue weighted by Gasteiger charge is -2.31. The third-order valence-corrected chi connectivity index (χ3v) is 15.3. The molecular formula is C12H29NP2. The van der Waals surface area contributed by atoms with E-state index in [4.69, 9.17) is 4.74 Å². The Morgan fingerprint density at radius 1 is 0.933 bits per heavy atom. The van der Waals surface area contributed by atoms with Crippen LogP contribution in [-0.2, 0) is 0 Å². The summed E-state index contributed by atoms with van der Waals surface area (Å²) in [6, 6.07) is 0. The monoisotopic (exact) mass is 249 g/mol. The molecule has 0 heterocycles. The molecule has 0 N–H and O–H groups in total. The van der Waals surface area contributed by atoms with Crippen molar-refractivity contribution in [3.05, 3.63) is 0 Å². The van der Waals surface area contributed by atoms with E-state index in [0.717, 1.165) is 6.54 Å². The lowest BCUT2D eigenvalue weighted by atomic mass is 10.3. The van der Waals surface area contributed by atoms with Crippen LogP contribution in [0.15, 0.2) is 4.74 Å². The number of unbranched alkanes of at least 4 members (excludes halogenated alkanes) is 1. The van der Waals surface area contributed by atoms with Crippen LogP contribution in [0.5, 0.6) is 0 Å². The molecule has 0 rings (SSSR count). The molecule has 0 atom stereocenters. The van der Waals surface area contributed by atoms with E-state index in [2.05, 4.69) is 34.6 Å². The summed E-state index contributed by atoms with van der Waals surface area (Å²) in [6.45, 7) is 11.9. The highest BCUT2D eigenvalue weighted by Gasteiger charge is 2.23. The summed E-state index contributed by atoms with van der Waals surface area (Å²) >= 11 is 0. The first-order valence-electron chi connectivity index (χ1n) is 6.52. The van der Waals surface area contributed by atoms with Crippen molar-refractivity contribution in [1.29, 1.82) is 0 Å². The Morgan fingerprint density at radius 3 is 1.80 bits per heavy atom. The molecule has 0 aromatic carbocycles. The zero-order valence-electron chi connectivity index (χ0n) is 11.3. The lowest BCUT2D eigenvalue weighted by Crippen LogP contribution is -1.95. The molecule has 0 bridgehead atoms. The molecule has 0 aliphatic heterocycles. The van der Waals surface area contributed by atoms with Gasteiger partial charge in [-0.1, -0.05) is 48.6 Å². The van der Waals surface area contributed by atoms with Gasteiger partial charge < -0.3 is 0 Å². The largest absolute Gasteiger partial charge is 0.299 e. The molecule has 0 unspecified atom stereocenters. The quantitative estimate of drug-likeness (QED) is 0.400. The van der Waals surface area contributed by atoms with Crippen molar-refractivity contribution in [3.8, 4) is 0 Å². The van der Waals surface area contributed by atoms with Gasteiger partial charge in [-0.3, -0.25) is 4.74 Å². The van der Waals surface area contributed by atoms with E-state index in [0.29, 0.717) is 0 Å². The maximum Gasteiger partial charge on any atom is 0.0378 e. The van der Waals surface area contributed by atoms with Crippen LogP contribution in [0.3, 0.4) is 0 Å². The number of hydrogen-bond acceptors (Lipinski definition) is 1. The van der Waals surface area contributed by atoms with Crippen molar-refractivity contribution in [2.75, 3.05) is 31.2 Å². The highest BCUT2D eigenvalue weighted by molar-refractivity contribution is 8.34. The van der Waals surface area contributed by atoms with E-state index in [9.17, 15) is 0 Å². The molecule has 0 spiro atoms. The summed E-state index contributed by atoms with van der Waals surface area (Å²) in [5, 5.41) is 0. The first-order valence-corrected chi connectivity index (χ1v) is 11.0. The van der Waals surface area contributed by atoms with Gasteiger partial charge in [0.2, 0.25) is 0 Å². The van der Waals surface area contributed by atoms with E-state index in [1.165, 1.54) is 37.5 Å². The third-order valence-electron chi connectivity index (χ3n) is 3.14. The van der Waals surface area contributed by atoms with Crippen molar-refractivity contribution in [3.63, 3.8) is 0 Å². The highest BCUT2D eigenvalue weighted by atomic mass is 32.1. The normalized spacial score (nSPS) is 12.1. The van der Waals surface area contributed by atoms with Crippen LogP contribution in [0.1, 0.15) is 47.5 Å². The first-order chi connectivity index (χ1) is 7.20. The van der Waals surface area contributed by atoms with E-state index < -0.39 is 6.74 Å². The van der Waals surface area contributed by atoms with Crippen molar-refractivity contribution in [2.24, 2.45) is 4.74 Å². The number of nitrogens with zero attached hydrogens (tertiary/aromatic N) is 1. The SMILES string of the molecule is CCCCN=P(CC)(CC)P(CC)CC. The van der Waals surface area contributed by atoms with E-state index in [1.807, 2.05) is 0 Å². The van der Waals surface area contributed by atoms with Crippen LogP contribution in [0, 0.1) is 0 Å². The highest BCUT2D eigenvalue weighted by Crippen LogP contribution is 2.76. The third kappa shape index (κ3) is 4.58. The standard InChI is InChI=1S/C12H29NP2/c1-6-11-12-13-15(9-4,10-5)14(7-2)8-3/h6-12H2,1-5H3. The number of rotatable bonds is 8. The minimum absolute atomic E-state index is 0.224. The summed E-state index contributed by atoms with van der Waals surface area (Å²) in [6.07, 6.45) is 8.04. The smallest absolute Gasteiger partial charge is 0.0378 e. The van der Waals surface area contributed by atoms with Crippen LogP contribution in [0.25, 0.3) is 0 Å². The van der Waals surface area contributed by atoms with Crippen LogP contribution >= 0.6 is 14.4 Å². The molecule has 0 radical (unpaired) electrons. The van der Waals surface area contributed by atoms with Crippen molar-refractivity contribution < 1.29 is 0 Å². The molecule has 1 nitrogen and oxygen atoms in total. The second-order valence-corrected chi connectivity index (χ2v) is 13.4. The summed E-state index contributed by atoms with van der Waals surface area (Å²) in [5.41, 5.74) is 0. The van der Waals surface area contributed by atoms with Gasteiger partial charge in [0.25, 0.3) is 0 Å². The molecular weight excluding hydrogens is 220 g/mol. The zero-order chi connectivity index (χ0) is 11.7. The molecule has 0 aliphatic carbocycles. The van der Waals surface area contributed by atoms with Gasteiger partial charge >= 0.3 is 0 Å². The van der Waals surface area contributed by atoms with Gasteiger partial charge in [0, 0.05) is 6.54 Å². The van der Waals surface area contributed by atoms with Gasteiger partial charge in [0.1, 0.15) is 0 Å². The summed E-state index contributed by atoms with van der Waals surface area (Å²) in [4.78, 5) is 0. The van der Waals surface area contributed by atoms with Gasteiger partial charge in [-0.2, -0.15) is 0 Å². The molecule has 92 valence electrons. The molecule has 0 saturated heterocycles. The fourth-order valence-electron chi connectivity index (χ4n) is 2.08. The molecule has 0 aliphatic rings. The molecule has 0 saturated carbocycles. The average Bonchev–Trinajstić information content (AvgIpc) is 2.28. The van der Waals surface area contributed by atoms with Crippen LogP contribution in [0.2, 0.25) is 0 Å².